The lowest BCUT2D eigenvalue weighted by Crippen LogP contribution is -2.49. The molecule has 0 saturated carbocycles. The van der Waals surface area contributed by atoms with Crippen LogP contribution in [0.4, 0.5) is 43.9 Å². The highest BCUT2D eigenvalue weighted by atomic mass is 31.2. The van der Waals surface area contributed by atoms with E-state index in [0.717, 1.165) is 19.4 Å². The van der Waals surface area contributed by atoms with Gasteiger partial charge in [-0.15, -0.1) is 0 Å². The molecule has 0 fully saturated rings. The predicted molar refractivity (Wildman–Crippen MR) is 61.5 cm³/mol. The Labute approximate surface area is 133 Å². The summed E-state index contributed by atoms with van der Waals surface area (Å²) in [6.45, 7) is 0.979. The van der Waals surface area contributed by atoms with Crippen molar-refractivity contribution >= 4 is 7.37 Å². The molecule has 0 atom stereocenters. The molecular formula is C10H10F10N2O2P+. The number of aromatic nitrogens is 2. The fourth-order valence-corrected chi connectivity index (χ4v) is 3.32. The number of halogens is 10. The first-order valence-corrected chi connectivity index (χ1v) is 7.80. The van der Waals surface area contributed by atoms with E-state index in [1.165, 1.54) is 6.92 Å². The zero-order chi connectivity index (χ0) is 20.1. The van der Waals surface area contributed by atoms with Crippen molar-refractivity contribution in [1.29, 1.82) is 0 Å². The lowest BCUT2D eigenvalue weighted by atomic mass is 10.7. The molecule has 0 amide bonds. The molecule has 0 N–H and O–H groups in total. The van der Waals surface area contributed by atoms with Gasteiger partial charge in [-0.05, 0) is 6.92 Å². The molecule has 1 aromatic rings. The van der Waals surface area contributed by atoms with Gasteiger partial charge in [0.05, 0.1) is 13.6 Å². The van der Waals surface area contributed by atoms with Gasteiger partial charge in [-0.3, -0.25) is 4.57 Å². The summed E-state index contributed by atoms with van der Waals surface area (Å²) in [5.41, 5.74) is -14.0. The average Bonchev–Trinajstić information content (AvgIpc) is 2.76. The van der Waals surface area contributed by atoms with Crippen LogP contribution in [0.3, 0.4) is 0 Å². The third kappa shape index (κ3) is 3.20. The molecule has 0 aliphatic carbocycles. The molecule has 4 nitrogen and oxygen atoms in total. The first-order chi connectivity index (χ1) is 10.9. The number of alkyl halides is 10. The quantitative estimate of drug-likeness (QED) is 0.412. The molecule has 0 aromatic carbocycles. The molecule has 25 heavy (non-hydrogen) atoms. The van der Waals surface area contributed by atoms with Crippen LogP contribution >= 0.6 is 7.37 Å². The molecule has 0 unspecified atom stereocenters. The Morgan fingerprint density at radius 3 is 1.72 bits per heavy atom. The molecular weight excluding hydrogens is 401 g/mol. The van der Waals surface area contributed by atoms with E-state index in [9.17, 15) is 48.5 Å². The maximum atomic E-state index is 13.5. The molecule has 0 radical (unpaired) electrons. The minimum Gasteiger partial charge on any atom is -0.366 e. The van der Waals surface area contributed by atoms with Gasteiger partial charge in [0.2, 0.25) is 0 Å². The number of rotatable bonds is 5. The first-order valence-electron chi connectivity index (χ1n) is 6.17. The molecule has 0 spiro atoms. The van der Waals surface area contributed by atoms with E-state index in [1.807, 2.05) is 0 Å². The zero-order valence-electron chi connectivity index (χ0n) is 12.3. The van der Waals surface area contributed by atoms with E-state index in [0.29, 0.717) is 9.13 Å². The van der Waals surface area contributed by atoms with Crippen molar-refractivity contribution in [3.05, 3.63) is 12.4 Å². The highest BCUT2D eigenvalue weighted by molar-refractivity contribution is 7.62. The van der Waals surface area contributed by atoms with Crippen LogP contribution < -0.4 is 9.09 Å². The molecule has 0 bridgehead atoms. The van der Waals surface area contributed by atoms with Gasteiger partial charge in [-0.1, -0.05) is 0 Å². The van der Waals surface area contributed by atoms with Gasteiger partial charge in [0.15, 0.2) is 0 Å². The van der Waals surface area contributed by atoms with Crippen molar-refractivity contribution in [1.82, 2.24) is 4.57 Å². The van der Waals surface area contributed by atoms with Crippen LogP contribution in [0.5, 0.6) is 6.01 Å². The number of hydrogen-bond donors (Lipinski definition) is 0. The number of hydrogen-bond acceptors (Lipinski definition) is 2. The Hall–Kier alpha value is -1.46. The van der Waals surface area contributed by atoms with Crippen molar-refractivity contribution in [3.63, 3.8) is 0 Å². The molecule has 1 aromatic heterocycles. The van der Waals surface area contributed by atoms with Gasteiger partial charge < -0.3 is 4.52 Å². The van der Waals surface area contributed by atoms with Gasteiger partial charge in [-0.25, -0.2) is 0 Å². The summed E-state index contributed by atoms with van der Waals surface area (Å²) in [7, 11) is -7.19. The van der Waals surface area contributed by atoms with Crippen molar-refractivity contribution in [2.75, 3.05) is 0 Å². The Bertz CT molecular complexity index is 648. The second kappa shape index (κ2) is 6.06. The predicted octanol–water partition coefficient (Wildman–Crippen LogP) is 4.30. The molecule has 1 heterocycles. The Kier molecular flexibility index (Phi) is 5.23. The van der Waals surface area contributed by atoms with Gasteiger partial charge in [0, 0.05) is 0 Å². The lowest BCUT2D eigenvalue weighted by molar-refractivity contribution is -0.674. The van der Waals surface area contributed by atoms with Crippen LogP contribution in [-0.2, 0) is 18.2 Å². The largest absolute Gasteiger partial charge is 0.465 e. The lowest BCUT2D eigenvalue weighted by Gasteiger charge is -2.33. The fraction of sp³-hybridized carbons (Fsp3) is 0.700. The number of aryl methyl sites for hydroxylation is 2. The summed E-state index contributed by atoms with van der Waals surface area (Å²) in [5.74, 6) is 0. The Morgan fingerprint density at radius 1 is 1.00 bits per heavy atom. The summed E-state index contributed by atoms with van der Waals surface area (Å²) in [6.07, 6.45) is -12.1. The molecule has 0 aliphatic heterocycles. The van der Waals surface area contributed by atoms with Gasteiger partial charge in [0.25, 0.3) is 0 Å². The second-order valence-corrected chi connectivity index (χ2v) is 7.11. The van der Waals surface area contributed by atoms with Crippen LogP contribution in [0, 0.1) is 0 Å². The zero-order valence-corrected chi connectivity index (χ0v) is 13.2. The highest BCUT2D eigenvalue weighted by Gasteiger charge is 2.86. The number of imidazole rings is 1. The van der Waals surface area contributed by atoms with E-state index >= 15 is 0 Å². The smallest absolute Gasteiger partial charge is 0.366 e. The summed E-state index contributed by atoms with van der Waals surface area (Å²) < 4.78 is 145. The van der Waals surface area contributed by atoms with Crippen LogP contribution in [-0.4, -0.2) is 28.2 Å². The summed E-state index contributed by atoms with van der Waals surface area (Å²) >= 11 is 0. The van der Waals surface area contributed by atoms with E-state index in [1.54, 1.807) is 0 Å². The fourth-order valence-electron chi connectivity index (χ4n) is 1.61. The molecule has 146 valence electrons. The van der Waals surface area contributed by atoms with Crippen molar-refractivity contribution in [2.24, 2.45) is 7.05 Å². The van der Waals surface area contributed by atoms with E-state index < -0.39 is 37.1 Å². The maximum Gasteiger partial charge on any atom is 0.465 e. The molecule has 0 aliphatic rings. The van der Waals surface area contributed by atoms with Crippen LogP contribution in [0.15, 0.2) is 12.4 Å². The van der Waals surface area contributed by atoms with Crippen molar-refractivity contribution in [2.45, 2.75) is 37.1 Å². The van der Waals surface area contributed by atoms with Gasteiger partial charge >= 0.3 is 37.1 Å². The van der Waals surface area contributed by atoms with Crippen LogP contribution in [0.25, 0.3) is 0 Å². The van der Waals surface area contributed by atoms with Gasteiger partial charge in [-0.2, -0.15) is 53.0 Å². The normalized spacial score (nSPS) is 14.7. The summed E-state index contributed by atoms with van der Waals surface area (Å²) in [4.78, 5) is 0. The second-order valence-electron chi connectivity index (χ2n) is 4.70. The SMILES string of the molecule is CCn1cc[n+](C)c1OP(=O)(C(F)(F)C(F)(F)F)C(F)(F)C(F)(F)F. The summed E-state index contributed by atoms with van der Waals surface area (Å²) in [5, 5.41) is 0. The minimum absolute atomic E-state index is 0.272. The van der Waals surface area contributed by atoms with Crippen molar-refractivity contribution in [3.8, 4) is 6.01 Å². The van der Waals surface area contributed by atoms with Crippen LogP contribution in [0.2, 0.25) is 0 Å². The Balaban J connectivity index is 3.72. The molecule has 0 saturated heterocycles. The van der Waals surface area contributed by atoms with E-state index in [4.69, 9.17) is 0 Å². The Morgan fingerprint density at radius 2 is 1.40 bits per heavy atom. The van der Waals surface area contributed by atoms with Crippen molar-refractivity contribution < 1.29 is 57.6 Å². The number of nitrogens with zero attached hydrogens (tertiary/aromatic N) is 2. The molecule has 15 heteroatoms. The van der Waals surface area contributed by atoms with Crippen LogP contribution in [0.1, 0.15) is 6.92 Å². The first kappa shape index (κ1) is 21.6. The maximum absolute atomic E-state index is 13.5. The monoisotopic (exact) mass is 411 g/mol. The van der Waals surface area contributed by atoms with E-state index in [2.05, 4.69) is 4.52 Å². The third-order valence-electron chi connectivity index (χ3n) is 2.99. The molecule has 1 rings (SSSR count). The van der Waals surface area contributed by atoms with Gasteiger partial charge in [0.1, 0.15) is 12.4 Å². The standard InChI is InChI=1S/C10H10F10N2O2P/c1-3-22-5-4-21(2)6(22)24-25(23,9(17,18)7(11,12)13)10(19,20)8(14,15)16/h4-5H,3H2,1-2H3/q+1. The minimum atomic E-state index is -8.08. The third-order valence-corrected chi connectivity index (χ3v) is 5.40. The highest BCUT2D eigenvalue weighted by Crippen LogP contribution is 2.76. The average molecular weight is 411 g/mol. The van der Waals surface area contributed by atoms with E-state index in [-0.39, 0.29) is 6.54 Å². The summed E-state index contributed by atoms with van der Waals surface area (Å²) in [6, 6.07) is -1.29. The topological polar surface area (TPSA) is 35.1 Å².